The summed E-state index contributed by atoms with van der Waals surface area (Å²) in [5, 5.41) is 2.45. The Morgan fingerprint density at radius 3 is 2.32 bits per heavy atom. The van der Waals surface area contributed by atoms with Gasteiger partial charge in [0.05, 0.1) is 7.11 Å². The molecule has 0 radical (unpaired) electrons. The molecule has 0 spiro atoms. The number of nitrogens with one attached hydrogen (secondary N) is 1. The lowest BCUT2D eigenvalue weighted by Crippen LogP contribution is -2.30. The van der Waals surface area contributed by atoms with Crippen molar-refractivity contribution in [2.24, 2.45) is 5.73 Å². The molecule has 0 aromatic heterocycles. The van der Waals surface area contributed by atoms with Gasteiger partial charge in [0.15, 0.2) is 0 Å². The molecular weight excluding hydrogens is 396 g/mol. The normalized spacial score (nSPS) is 10.7. The molecule has 0 bridgehead atoms. The summed E-state index contributed by atoms with van der Waals surface area (Å²) < 4.78 is 9.92. The van der Waals surface area contributed by atoms with Gasteiger partial charge in [-0.2, -0.15) is 24.4 Å². The van der Waals surface area contributed by atoms with E-state index in [9.17, 15) is 9.59 Å². The number of nitrogens with two attached hydrogens (primary N) is 1. The van der Waals surface area contributed by atoms with E-state index >= 15 is 0 Å². The summed E-state index contributed by atoms with van der Waals surface area (Å²) in [6, 6.07) is 6.50. The minimum atomic E-state index is -0.500. The second-order valence-corrected chi connectivity index (χ2v) is 6.47. The molecule has 0 heterocycles. The van der Waals surface area contributed by atoms with Gasteiger partial charge < -0.3 is 20.5 Å². The fraction of sp³-hybridized carbons (Fsp3) is 0.500. The fourth-order valence-corrected chi connectivity index (χ4v) is 1.59. The van der Waals surface area contributed by atoms with Crippen molar-refractivity contribution in [1.29, 1.82) is 0 Å². The van der Waals surface area contributed by atoms with Crippen LogP contribution in [0.2, 0.25) is 0 Å². The first-order valence-corrected chi connectivity index (χ1v) is 11.1. The van der Waals surface area contributed by atoms with Crippen molar-refractivity contribution in [2.75, 3.05) is 38.0 Å². The molecule has 0 aliphatic heterocycles. The van der Waals surface area contributed by atoms with Crippen LogP contribution in [-0.2, 0) is 9.53 Å². The van der Waals surface area contributed by atoms with Crippen molar-refractivity contribution >= 4 is 36.3 Å². The summed E-state index contributed by atoms with van der Waals surface area (Å²) in [4.78, 5) is 22.7. The van der Waals surface area contributed by atoms with E-state index in [0.717, 1.165) is 0 Å². The second kappa shape index (κ2) is 20.1. The Kier molecular flexibility index (Phi) is 20.5. The van der Waals surface area contributed by atoms with E-state index in [2.05, 4.69) is 35.9 Å². The van der Waals surface area contributed by atoms with Crippen LogP contribution in [0.4, 0.5) is 0 Å². The van der Waals surface area contributed by atoms with Crippen LogP contribution in [0.15, 0.2) is 36.4 Å². The van der Waals surface area contributed by atoms with Crippen LogP contribution in [0.1, 0.15) is 31.1 Å². The highest BCUT2D eigenvalue weighted by Gasteiger charge is 2.07. The molecule has 1 atom stereocenters. The number of amides is 1. The highest BCUT2D eigenvalue weighted by atomic mass is 32.2. The Balaban J connectivity index is 0. The first-order chi connectivity index (χ1) is 13.5. The molecule has 1 aromatic carbocycles. The average molecular weight is 431 g/mol. The van der Waals surface area contributed by atoms with Gasteiger partial charge in [-0.05, 0) is 42.4 Å². The lowest BCUT2D eigenvalue weighted by Gasteiger charge is -2.06. The Bertz CT molecular complexity index is 550. The van der Waals surface area contributed by atoms with Gasteiger partial charge in [0.25, 0.3) is 5.91 Å². The molecule has 0 aliphatic rings. The molecular formula is C20H34N2O4S2. The molecule has 1 aromatic rings. The lowest BCUT2D eigenvalue weighted by molar-refractivity contribution is -0.139. The zero-order chi connectivity index (χ0) is 21.8. The topological polar surface area (TPSA) is 90.6 Å². The Hall–Kier alpha value is -1.64. The summed E-state index contributed by atoms with van der Waals surface area (Å²) in [5.41, 5.74) is 6.10. The lowest BCUT2D eigenvalue weighted by atomic mass is 10.2. The highest BCUT2D eigenvalue weighted by molar-refractivity contribution is 7.98. The number of methoxy groups -OCH3 is 1. The van der Waals surface area contributed by atoms with Gasteiger partial charge in [-0.15, -0.1) is 0 Å². The van der Waals surface area contributed by atoms with Crippen LogP contribution in [-0.4, -0.2) is 55.9 Å². The van der Waals surface area contributed by atoms with E-state index in [1.54, 1.807) is 24.3 Å². The maximum absolute atomic E-state index is 11.8. The van der Waals surface area contributed by atoms with Crippen molar-refractivity contribution in [2.45, 2.75) is 26.8 Å². The zero-order valence-electron chi connectivity index (χ0n) is 17.4. The van der Waals surface area contributed by atoms with Crippen molar-refractivity contribution in [3.63, 3.8) is 0 Å². The van der Waals surface area contributed by atoms with Gasteiger partial charge in [0.2, 0.25) is 0 Å². The number of hydrogen-bond donors (Lipinski definition) is 3. The number of rotatable bonds is 9. The molecule has 6 nitrogen and oxygen atoms in total. The summed E-state index contributed by atoms with van der Waals surface area (Å²) in [5.74, 6) is 1.59. The van der Waals surface area contributed by atoms with Gasteiger partial charge in [-0.25, -0.2) is 0 Å². The quantitative estimate of drug-likeness (QED) is 0.317. The summed E-state index contributed by atoms with van der Waals surface area (Å²) in [7, 11) is 1.26. The second-order valence-electron chi connectivity index (χ2n) is 4.95. The van der Waals surface area contributed by atoms with Crippen LogP contribution in [0.3, 0.4) is 0 Å². The van der Waals surface area contributed by atoms with E-state index in [4.69, 9.17) is 10.5 Å². The molecule has 3 N–H and O–H groups in total. The number of benzene rings is 1. The fourth-order valence-electron chi connectivity index (χ4n) is 1.46. The molecule has 0 fully saturated rings. The zero-order valence-corrected chi connectivity index (χ0v) is 19.1. The van der Waals surface area contributed by atoms with E-state index < -0.39 is 5.97 Å². The van der Waals surface area contributed by atoms with Crippen molar-refractivity contribution in [1.82, 2.24) is 5.32 Å². The molecule has 0 saturated carbocycles. The largest absolute Gasteiger partial charge is 0.490 e. The highest BCUT2D eigenvalue weighted by Crippen LogP contribution is 2.12. The van der Waals surface area contributed by atoms with Crippen LogP contribution in [0.5, 0.6) is 5.75 Å². The Morgan fingerprint density at radius 2 is 1.86 bits per heavy atom. The molecule has 1 amide bonds. The summed E-state index contributed by atoms with van der Waals surface area (Å²) >= 11 is 5.93. The SMILES string of the molecule is CC.CCSC.COC(=O)CNC(=O)c1ccc(OC/C=C/C(N)CS)cc1. The standard InChI is InChI=1S/C15H20N2O4S.C3H8S.C2H6/c1-20-14(18)9-17-15(19)11-4-6-13(7-5-11)21-8-2-3-12(16)10-22;1-3-4-2;1-2/h2-7,12,22H,8-10,16H2,1H3,(H,17,19);3H2,1-2H3;1-2H3/b3-2+;;. The monoisotopic (exact) mass is 430 g/mol. The number of carbonyl (C=O) groups is 2. The minimum absolute atomic E-state index is 0.0900. The molecule has 8 heteroatoms. The van der Waals surface area contributed by atoms with Crippen LogP contribution >= 0.6 is 24.4 Å². The van der Waals surface area contributed by atoms with Gasteiger partial charge in [0, 0.05) is 17.4 Å². The van der Waals surface area contributed by atoms with E-state index in [1.807, 2.05) is 37.8 Å². The van der Waals surface area contributed by atoms with Crippen molar-refractivity contribution in [3.05, 3.63) is 42.0 Å². The number of carbonyl (C=O) groups excluding carboxylic acids is 2. The predicted octanol–water partition coefficient (Wildman–Crippen LogP) is 3.18. The van der Waals surface area contributed by atoms with Gasteiger partial charge in [-0.3, -0.25) is 9.59 Å². The number of esters is 1. The van der Waals surface area contributed by atoms with Crippen molar-refractivity contribution < 1.29 is 19.1 Å². The van der Waals surface area contributed by atoms with Gasteiger partial charge in [0.1, 0.15) is 18.9 Å². The third kappa shape index (κ3) is 15.4. The molecule has 28 heavy (non-hydrogen) atoms. The van der Waals surface area contributed by atoms with Crippen LogP contribution < -0.4 is 15.8 Å². The number of thiol groups is 1. The number of hydrogen-bond acceptors (Lipinski definition) is 7. The molecule has 160 valence electrons. The molecule has 0 aliphatic carbocycles. The van der Waals surface area contributed by atoms with Gasteiger partial charge in [-0.1, -0.05) is 26.8 Å². The maximum atomic E-state index is 11.8. The average Bonchev–Trinajstić information content (AvgIpc) is 2.76. The van der Waals surface area contributed by atoms with Crippen molar-refractivity contribution in [3.8, 4) is 5.75 Å². The van der Waals surface area contributed by atoms with Crippen LogP contribution in [0.25, 0.3) is 0 Å². The Morgan fingerprint density at radius 1 is 1.29 bits per heavy atom. The Labute approximate surface area is 179 Å². The van der Waals surface area contributed by atoms with Gasteiger partial charge >= 0.3 is 5.97 Å². The molecule has 0 saturated heterocycles. The van der Waals surface area contributed by atoms with Crippen LogP contribution in [0, 0.1) is 0 Å². The smallest absolute Gasteiger partial charge is 0.325 e. The van der Waals surface area contributed by atoms with E-state index in [0.29, 0.717) is 23.7 Å². The van der Waals surface area contributed by atoms with E-state index in [1.165, 1.54) is 12.9 Å². The summed E-state index contributed by atoms with van der Waals surface area (Å²) in [6.07, 6.45) is 5.74. The third-order valence-electron chi connectivity index (χ3n) is 2.97. The molecule has 1 rings (SSSR count). The number of ether oxygens (including phenoxy) is 2. The first-order valence-electron chi connectivity index (χ1n) is 9.08. The predicted molar refractivity (Wildman–Crippen MR) is 123 cm³/mol. The summed E-state index contributed by atoms with van der Waals surface area (Å²) in [6.45, 7) is 6.36. The molecule has 1 unspecified atom stereocenters. The maximum Gasteiger partial charge on any atom is 0.325 e. The minimum Gasteiger partial charge on any atom is -0.490 e. The van der Waals surface area contributed by atoms with E-state index in [-0.39, 0.29) is 18.5 Å². The number of thioether (sulfide) groups is 1. The first kappa shape index (κ1) is 28.6. The third-order valence-corrected chi connectivity index (χ3v) is 3.97.